The monoisotopic (exact) mass is 393 g/mol. The molecule has 28 heavy (non-hydrogen) atoms. The van der Waals surface area contributed by atoms with E-state index in [1.807, 2.05) is 4.90 Å². The van der Waals surface area contributed by atoms with E-state index < -0.39 is 0 Å². The number of hydrogen-bond donors (Lipinski definition) is 0. The third-order valence-electron chi connectivity index (χ3n) is 6.56. The highest BCUT2D eigenvalue weighted by molar-refractivity contribution is 5.86. The van der Waals surface area contributed by atoms with Gasteiger partial charge < -0.3 is 9.64 Å². The molecule has 4 nitrogen and oxygen atoms in total. The Kier molecular flexibility index (Phi) is 11.6. The molecule has 4 heteroatoms. The summed E-state index contributed by atoms with van der Waals surface area (Å²) in [5, 5.41) is 0. The van der Waals surface area contributed by atoms with Crippen molar-refractivity contribution in [3.63, 3.8) is 0 Å². The van der Waals surface area contributed by atoms with Crippen molar-refractivity contribution in [3.05, 3.63) is 0 Å². The Hall–Kier alpha value is -1.06. The summed E-state index contributed by atoms with van der Waals surface area (Å²) in [4.78, 5) is 26.3. The number of rotatable bonds is 7. The van der Waals surface area contributed by atoms with Gasteiger partial charge in [0.2, 0.25) is 5.91 Å². The van der Waals surface area contributed by atoms with Gasteiger partial charge in [0, 0.05) is 19.5 Å². The fourth-order valence-corrected chi connectivity index (χ4v) is 4.72. The number of amides is 1. The van der Waals surface area contributed by atoms with E-state index in [4.69, 9.17) is 4.74 Å². The van der Waals surface area contributed by atoms with E-state index in [-0.39, 0.29) is 17.8 Å². The van der Waals surface area contributed by atoms with Crippen molar-refractivity contribution in [1.29, 1.82) is 0 Å². The maximum absolute atomic E-state index is 12.3. The first-order valence-electron chi connectivity index (χ1n) is 12.1. The van der Waals surface area contributed by atoms with Crippen LogP contribution >= 0.6 is 0 Å². The summed E-state index contributed by atoms with van der Waals surface area (Å²) in [5.41, 5.74) is 0. The predicted octanol–water partition coefficient (Wildman–Crippen LogP) is 5.88. The average Bonchev–Trinajstić information content (AvgIpc) is 3.06. The SMILES string of the molecule is CCCCCCCCC1CCCCCCCN2CC(CC2=O)C(=O)OCCC1. The van der Waals surface area contributed by atoms with Crippen molar-refractivity contribution in [3.8, 4) is 0 Å². The van der Waals surface area contributed by atoms with E-state index in [9.17, 15) is 9.59 Å². The predicted molar refractivity (Wildman–Crippen MR) is 114 cm³/mol. The van der Waals surface area contributed by atoms with Crippen LogP contribution in [0.2, 0.25) is 0 Å². The highest BCUT2D eigenvalue weighted by Gasteiger charge is 2.34. The Morgan fingerprint density at radius 1 is 0.893 bits per heavy atom. The van der Waals surface area contributed by atoms with Crippen LogP contribution in [0.3, 0.4) is 0 Å². The molecule has 0 aliphatic carbocycles. The Morgan fingerprint density at radius 2 is 1.61 bits per heavy atom. The van der Waals surface area contributed by atoms with E-state index >= 15 is 0 Å². The maximum Gasteiger partial charge on any atom is 0.311 e. The minimum Gasteiger partial charge on any atom is -0.465 e. The zero-order valence-electron chi connectivity index (χ0n) is 18.3. The highest BCUT2D eigenvalue weighted by Crippen LogP contribution is 2.25. The molecule has 2 rings (SSSR count). The van der Waals surface area contributed by atoms with Crippen molar-refractivity contribution in [2.75, 3.05) is 19.7 Å². The van der Waals surface area contributed by atoms with Crippen LogP contribution in [0.25, 0.3) is 0 Å². The molecule has 0 saturated carbocycles. The van der Waals surface area contributed by atoms with Gasteiger partial charge in [-0.2, -0.15) is 0 Å². The lowest BCUT2D eigenvalue weighted by molar-refractivity contribution is -0.148. The molecular weight excluding hydrogens is 350 g/mol. The molecule has 0 aromatic carbocycles. The van der Waals surface area contributed by atoms with E-state index in [1.165, 1.54) is 83.5 Å². The first kappa shape index (κ1) is 23.2. The molecule has 2 atom stereocenters. The fourth-order valence-electron chi connectivity index (χ4n) is 4.72. The Bertz CT molecular complexity index is 451. The standard InChI is InChI=1S/C24H43NO3/c1-2-3-4-5-7-10-14-21-15-11-8-6-9-12-17-25-20-22(19-23(25)26)24(27)28-18-13-16-21/h21-22H,2-20H2,1H3. The number of hydrogen-bond acceptors (Lipinski definition) is 3. The number of cyclic esters (lactones) is 1. The number of carbonyl (C=O) groups excluding carboxylic acids is 2. The number of carbonyl (C=O) groups is 2. The Morgan fingerprint density at radius 3 is 2.46 bits per heavy atom. The Balaban J connectivity index is 1.74. The van der Waals surface area contributed by atoms with Crippen LogP contribution < -0.4 is 0 Å². The van der Waals surface area contributed by atoms with Gasteiger partial charge in [-0.3, -0.25) is 9.59 Å². The number of fused-ring (bicyclic) bond motifs is 2. The number of esters is 1. The van der Waals surface area contributed by atoms with Gasteiger partial charge >= 0.3 is 5.97 Å². The molecule has 2 unspecified atom stereocenters. The summed E-state index contributed by atoms with van der Waals surface area (Å²) in [7, 11) is 0. The summed E-state index contributed by atoms with van der Waals surface area (Å²) in [6, 6.07) is 0. The van der Waals surface area contributed by atoms with Gasteiger partial charge in [-0.15, -0.1) is 0 Å². The minimum absolute atomic E-state index is 0.130. The molecule has 0 radical (unpaired) electrons. The second-order valence-electron chi connectivity index (χ2n) is 9.03. The molecule has 2 aliphatic heterocycles. The van der Waals surface area contributed by atoms with Crippen LogP contribution in [-0.2, 0) is 14.3 Å². The average molecular weight is 394 g/mol. The molecule has 0 aromatic heterocycles. The summed E-state index contributed by atoms with van der Waals surface area (Å²) in [6.45, 7) is 4.17. The second-order valence-corrected chi connectivity index (χ2v) is 9.03. The third-order valence-corrected chi connectivity index (χ3v) is 6.56. The molecule has 2 saturated heterocycles. The van der Waals surface area contributed by atoms with Crippen molar-refractivity contribution in [1.82, 2.24) is 4.90 Å². The highest BCUT2D eigenvalue weighted by atomic mass is 16.5. The normalized spacial score (nSPS) is 25.7. The van der Waals surface area contributed by atoms with Crippen LogP contribution in [0.5, 0.6) is 0 Å². The van der Waals surface area contributed by atoms with Crippen LogP contribution in [0, 0.1) is 11.8 Å². The quantitative estimate of drug-likeness (QED) is 0.401. The van der Waals surface area contributed by atoms with Gasteiger partial charge in [0.1, 0.15) is 0 Å². The summed E-state index contributed by atoms with van der Waals surface area (Å²) >= 11 is 0. The maximum atomic E-state index is 12.3. The second kappa shape index (κ2) is 14.0. The lowest BCUT2D eigenvalue weighted by Gasteiger charge is -2.19. The number of ether oxygens (including phenoxy) is 1. The molecule has 2 fully saturated rings. The molecule has 2 aliphatic rings. The molecule has 2 heterocycles. The fraction of sp³-hybridized carbons (Fsp3) is 0.917. The van der Waals surface area contributed by atoms with Crippen molar-refractivity contribution < 1.29 is 14.3 Å². The first-order chi connectivity index (χ1) is 13.7. The van der Waals surface area contributed by atoms with Gasteiger partial charge in [0.25, 0.3) is 0 Å². The van der Waals surface area contributed by atoms with E-state index in [2.05, 4.69) is 6.92 Å². The van der Waals surface area contributed by atoms with Crippen LogP contribution in [0.15, 0.2) is 0 Å². The zero-order chi connectivity index (χ0) is 20.0. The number of unbranched alkanes of at least 4 members (excludes halogenated alkanes) is 5. The van der Waals surface area contributed by atoms with Gasteiger partial charge in [-0.25, -0.2) is 0 Å². The van der Waals surface area contributed by atoms with Crippen molar-refractivity contribution in [2.24, 2.45) is 11.8 Å². The lowest BCUT2D eigenvalue weighted by Crippen LogP contribution is -2.28. The molecule has 0 spiro atoms. The summed E-state index contributed by atoms with van der Waals surface area (Å²) < 4.78 is 5.52. The molecule has 162 valence electrons. The lowest BCUT2D eigenvalue weighted by atomic mass is 9.90. The van der Waals surface area contributed by atoms with E-state index in [1.54, 1.807) is 0 Å². The molecule has 0 aromatic rings. The largest absolute Gasteiger partial charge is 0.465 e. The zero-order valence-corrected chi connectivity index (χ0v) is 18.3. The summed E-state index contributed by atoms with van der Waals surface area (Å²) in [6.07, 6.45) is 19.5. The van der Waals surface area contributed by atoms with Gasteiger partial charge in [-0.05, 0) is 25.2 Å². The minimum atomic E-state index is -0.237. The summed E-state index contributed by atoms with van der Waals surface area (Å²) in [5.74, 6) is 0.529. The molecule has 1 amide bonds. The first-order valence-corrected chi connectivity index (χ1v) is 12.1. The van der Waals surface area contributed by atoms with Crippen LogP contribution in [-0.4, -0.2) is 36.5 Å². The molecule has 0 N–H and O–H groups in total. The number of nitrogens with zero attached hydrogens (tertiary/aromatic N) is 1. The Labute approximate surface area is 172 Å². The van der Waals surface area contributed by atoms with Crippen molar-refractivity contribution in [2.45, 2.75) is 110 Å². The van der Waals surface area contributed by atoms with Gasteiger partial charge in [0.05, 0.1) is 12.5 Å². The molecule has 2 bridgehead atoms. The smallest absolute Gasteiger partial charge is 0.311 e. The topological polar surface area (TPSA) is 46.6 Å². The van der Waals surface area contributed by atoms with E-state index in [0.717, 1.165) is 25.3 Å². The van der Waals surface area contributed by atoms with Crippen LogP contribution in [0.1, 0.15) is 110 Å². The van der Waals surface area contributed by atoms with Crippen LogP contribution in [0.4, 0.5) is 0 Å². The van der Waals surface area contributed by atoms with Crippen molar-refractivity contribution >= 4 is 11.9 Å². The van der Waals surface area contributed by atoms with Gasteiger partial charge in [0.15, 0.2) is 0 Å². The molecular formula is C24H43NO3. The van der Waals surface area contributed by atoms with E-state index in [0.29, 0.717) is 19.6 Å². The third kappa shape index (κ3) is 8.96. The van der Waals surface area contributed by atoms with Gasteiger partial charge in [-0.1, -0.05) is 84.0 Å².